The van der Waals surface area contributed by atoms with Crippen LogP contribution in [0, 0.1) is 5.82 Å². The van der Waals surface area contributed by atoms with E-state index in [0.29, 0.717) is 5.69 Å². The minimum atomic E-state index is -0.690. The van der Waals surface area contributed by atoms with Crippen LogP contribution in [0.5, 0.6) is 0 Å². The monoisotopic (exact) mass is 407 g/mol. The third-order valence-electron chi connectivity index (χ3n) is 4.36. The zero-order chi connectivity index (χ0) is 21.3. The Bertz CT molecular complexity index is 1330. The highest BCUT2D eigenvalue weighted by Crippen LogP contribution is 2.14. The first-order valence-electron chi connectivity index (χ1n) is 8.69. The van der Waals surface area contributed by atoms with Gasteiger partial charge in [0.05, 0.1) is 30.1 Å². The molecule has 1 N–H and O–H groups in total. The Labute approximate surface area is 168 Å². The minimum absolute atomic E-state index is 0.0401. The van der Waals surface area contributed by atoms with Crippen LogP contribution in [0.15, 0.2) is 65.8 Å². The molecule has 150 valence electrons. The standard InChI is InChI=1S/C20H14FN5O4/c1-30-20(29)15-5-3-2-4-14(15)18(27)24-25-11-22-17-16(19(25)28)10-23-26(17)13-8-6-12(21)7-9-13/h2-11H,1H3,(H,24,27). The molecule has 1 amide bonds. The Balaban J connectivity index is 1.69. The van der Waals surface area contributed by atoms with Gasteiger partial charge in [0.1, 0.15) is 17.5 Å². The van der Waals surface area contributed by atoms with E-state index in [1.807, 2.05) is 0 Å². The normalized spacial score (nSPS) is 10.7. The summed E-state index contributed by atoms with van der Waals surface area (Å²) in [5.41, 5.74) is 2.69. The number of fused-ring (bicyclic) bond motifs is 1. The molecular weight excluding hydrogens is 393 g/mol. The van der Waals surface area contributed by atoms with E-state index in [9.17, 15) is 18.8 Å². The fraction of sp³-hybridized carbons (Fsp3) is 0.0500. The van der Waals surface area contributed by atoms with Crippen LogP contribution >= 0.6 is 0 Å². The molecule has 2 aromatic heterocycles. The van der Waals surface area contributed by atoms with Crippen LogP contribution in [0.1, 0.15) is 20.7 Å². The Morgan fingerprint density at radius 2 is 1.77 bits per heavy atom. The maximum Gasteiger partial charge on any atom is 0.338 e. The number of methoxy groups -OCH3 is 1. The number of ether oxygens (including phenoxy) is 1. The van der Waals surface area contributed by atoms with Gasteiger partial charge in [0.25, 0.3) is 11.5 Å². The van der Waals surface area contributed by atoms with Crippen molar-refractivity contribution in [1.29, 1.82) is 0 Å². The number of benzene rings is 2. The number of carbonyl (C=O) groups excluding carboxylic acids is 2. The van der Waals surface area contributed by atoms with Gasteiger partial charge in [-0.25, -0.2) is 23.5 Å². The Morgan fingerprint density at radius 3 is 2.47 bits per heavy atom. The van der Waals surface area contributed by atoms with Gasteiger partial charge in [-0.05, 0) is 36.4 Å². The summed E-state index contributed by atoms with van der Waals surface area (Å²) < 4.78 is 20.1. The molecule has 0 fully saturated rings. The molecule has 2 aromatic carbocycles. The summed E-state index contributed by atoms with van der Waals surface area (Å²) in [4.78, 5) is 41.5. The number of esters is 1. The highest BCUT2D eigenvalue weighted by Gasteiger charge is 2.19. The number of carbonyl (C=O) groups is 2. The third kappa shape index (κ3) is 3.30. The van der Waals surface area contributed by atoms with E-state index < -0.39 is 23.3 Å². The maximum atomic E-state index is 13.2. The molecule has 0 atom stereocenters. The lowest BCUT2D eigenvalue weighted by Gasteiger charge is -2.10. The summed E-state index contributed by atoms with van der Waals surface area (Å²) in [6, 6.07) is 11.6. The van der Waals surface area contributed by atoms with Gasteiger partial charge in [0.2, 0.25) is 0 Å². The van der Waals surface area contributed by atoms with Crippen LogP contribution in [0.2, 0.25) is 0 Å². The summed E-state index contributed by atoms with van der Waals surface area (Å²) in [6.07, 6.45) is 2.43. The first kappa shape index (κ1) is 19.0. The average molecular weight is 407 g/mol. The molecule has 9 nitrogen and oxygen atoms in total. The molecule has 10 heteroatoms. The molecule has 4 rings (SSSR count). The molecule has 0 saturated heterocycles. The van der Waals surface area contributed by atoms with Crippen LogP contribution in [-0.2, 0) is 4.74 Å². The predicted molar refractivity (Wildman–Crippen MR) is 105 cm³/mol. The lowest BCUT2D eigenvalue weighted by Crippen LogP contribution is -2.34. The van der Waals surface area contributed by atoms with Gasteiger partial charge in [0, 0.05) is 0 Å². The topological polar surface area (TPSA) is 108 Å². The number of amides is 1. The van der Waals surface area contributed by atoms with Crippen LogP contribution in [0.3, 0.4) is 0 Å². The van der Waals surface area contributed by atoms with Crippen LogP contribution in [0.25, 0.3) is 16.7 Å². The summed E-state index contributed by atoms with van der Waals surface area (Å²) in [6.45, 7) is 0. The van der Waals surface area contributed by atoms with E-state index in [1.54, 1.807) is 12.1 Å². The zero-order valence-electron chi connectivity index (χ0n) is 15.6. The second-order valence-electron chi connectivity index (χ2n) is 6.17. The molecule has 0 spiro atoms. The molecule has 0 saturated carbocycles. The van der Waals surface area contributed by atoms with Crippen molar-refractivity contribution in [2.45, 2.75) is 0 Å². The molecule has 0 aliphatic carbocycles. The number of hydrogen-bond acceptors (Lipinski definition) is 6. The van der Waals surface area contributed by atoms with E-state index in [0.717, 1.165) is 11.0 Å². The van der Waals surface area contributed by atoms with E-state index in [1.165, 1.54) is 54.4 Å². The maximum absolute atomic E-state index is 13.2. The first-order valence-corrected chi connectivity index (χ1v) is 8.69. The summed E-state index contributed by atoms with van der Waals surface area (Å²) in [5.74, 6) is -1.77. The van der Waals surface area contributed by atoms with Gasteiger partial charge in [-0.3, -0.25) is 15.0 Å². The zero-order valence-corrected chi connectivity index (χ0v) is 15.6. The fourth-order valence-corrected chi connectivity index (χ4v) is 2.90. The highest BCUT2D eigenvalue weighted by molar-refractivity contribution is 6.08. The molecular formula is C20H14FN5O4. The Hall–Kier alpha value is -4.34. The van der Waals surface area contributed by atoms with E-state index in [2.05, 4.69) is 20.2 Å². The van der Waals surface area contributed by atoms with Gasteiger partial charge in [0.15, 0.2) is 5.65 Å². The second-order valence-corrected chi connectivity index (χ2v) is 6.17. The van der Waals surface area contributed by atoms with Crippen molar-refractivity contribution in [2.75, 3.05) is 12.5 Å². The quantitative estimate of drug-likeness (QED) is 0.518. The van der Waals surface area contributed by atoms with Crippen molar-refractivity contribution < 1.29 is 18.7 Å². The summed E-state index contributed by atoms with van der Waals surface area (Å²) >= 11 is 0. The fourth-order valence-electron chi connectivity index (χ4n) is 2.90. The van der Waals surface area contributed by atoms with Gasteiger partial charge in [-0.1, -0.05) is 12.1 Å². The largest absolute Gasteiger partial charge is 0.465 e. The van der Waals surface area contributed by atoms with Crippen molar-refractivity contribution >= 4 is 22.9 Å². The number of halogens is 1. The molecule has 30 heavy (non-hydrogen) atoms. The van der Waals surface area contributed by atoms with Crippen molar-refractivity contribution in [3.63, 3.8) is 0 Å². The van der Waals surface area contributed by atoms with Gasteiger partial charge in [-0.2, -0.15) is 5.10 Å². The number of hydrogen-bond donors (Lipinski definition) is 1. The first-order chi connectivity index (χ1) is 14.5. The van der Waals surface area contributed by atoms with Gasteiger partial charge >= 0.3 is 5.97 Å². The second kappa shape index (κ2) is 7.59. The number of nitrogens with one attached hydrogen (secondary N) is 1. The highest BCUT2D eigenvalue weighted by atomic mass is 19.1. The molecule has 2 heterocycles. The molecule has 4 aromatic rings. The number of nitrogens with zero attached hydrogens (tertiary/aromatic N) is 4. The summed E-state index contributed by atoms with van der Waals surface area (Å²) in [5, 5.41) is 4.27. The molecule has 0 aliphatic heterocycles. The molecule has 0 unspecified atom stereocenters. The van der Waals surface area contributed by atoms with E-state index in [4.69, 9.17) is 0 Å². The Kier molecular flexibility index (Phi) is 4.80. The van der Waals surface area contributed by atoms with Gasteiger partial charge < -0.3 is 4.74 Å². The number of rotatable bonds is 4. The van der Waals surface area contributed by atoms with Crippen LogP contribution in [0.4, 0.5) is 4.39 Å². The van der Waals surface area contributed by atoms with Crippen LogP contribution in [-0.4, -0.2) is 38.4 Å². The van der Waals surface area contributed by atoms with Crippen molar-refractivity contribution in [2.24, 2.45) is 0 Å². The van der Waals surface area contributed by atoms with E-state index in [-0.39, 0.29) is 22.2 Å². The average Bonchev–Trinajstić information content (AvgIpc) is 3.20. The SMILES string of the molecule is COC(=O)c1ccccc1C(=O)Nn1cnc2c(cnn2-c2ccc(F)cc2)c1=O. The molecule has 0 radical (unpaired) electrons. The van der Waals surface area contributed by atoms with Crippen molar-refractivity contribution in [3.8, 4) is 5.69 Å². The minimum Gasteiger partial charge on any atom is -0.465 e. The van der Waals surface area contributed by atoms with E-state index >= 15 is 0 Å². The Morgan fingerprint density at radius 1 is 1.07 bits per heavy atom. The van der Waals surface area contributed by atoms with Crippen LogP contribution < -0.4 is 11.0 Å². The third-order valence-corrected chi connectivity index (χ3v) is 4.36. The van der Waals surface area contributed by atoms with Crippen molar-refractivity contribution in [1.82, 2.24) is 19.4 Å². The smallest absolute Gasteiger partial charge is 0.338 e. The summed E-state index contributed by atoms with van der Waals surface area (Å²) in [7, 11) is 1.21. The number of aromatic nitrogens is 4. The van der Waals surface area contributed by atoms with Crippen molar-refractivity contribution in [3.05, 3.63) is 88.4 Å². The molecule has 0 aliphatic rings. The molecule has 0 bridgehead atoms. The lowest BCUT2D eigenvalue weighted by molar-refractivity contribution is 0.0597. The van der Waals surface area contributed by atoms with Gasteiger partial charge in [-0.15, -0.1) is 0 Å². The predicted octanol–water partition coefficient (Wildman–Crippen LogP) is 1.89. The lowest BCUT2D eigenvalue weighted by atomic mass is 10.1.